The summed E-state index contributed by atoms with van der Waals surface area (Å²) in [5.74, 6) is -0.0546. The number of halogens is 2. The Morgan fingerprint density at radius 1 is 1.09 bits per heavy atom. The van der Waals surface area contributed by atoms with Crippen LogP contribution in [0.4, 0.5) is 14.6 Å². The van der Waals surface area contributed by atoms with Crippen LogP contribution in [0.3, 0.4) is 0 Å². The van der Waals surface area contributed by atoms with Gasteiger partial charge in [0.15, 0.2) is 17.7 Å². The molecule has 2 saturated heterocycles. The first-order valence-corrected chi connectivity index (χ1v) is 13.1. The topological polar surface area (TPSA) is 268 Å². The molecule has 190 valence electrons. The zero-order valence-corrected chi connectivity index (χ0v) is 18.7. The van der Waals surface area contributed by atoms with Crippen molar-refractivity contribution in [2.24, 2.45) is 0 Å². The van der Waals surface area contributed by atoms with Gasteiger partial charge in [0, 0.05) is 0 Å². The predicted molar refractivity (Wildman–Crippen MR) is 98.2 cm³/mol. The fraction of sp³-hybridized carbons (Fsp3) is 0.545. The Bertz CT molecular complexity index is 1270. The number of nitrogen functional groups attached to an aromatic ring is 1. The maximum Gasteiger partial charge on any atom is 0.490 e. The van der Waals surface area contributed by atoms with Crippen molar-refractivity contribution in [3.8, 4) is 0 Å². The molecule has 2 bridgehead atoms. The van der Waals surface area contributed by atoms with Gasteiger partial charge in [-0.1, -0.05) is 0 Å². The molecule has 7 N–H and O–H groups in total. The zero-order valence-electron chi connectivity index (χ0n) is 16.1. The van der Waals surface area contributed by atoms with Crippen molar-refractivity contribution in [3.63, 3.8) is 0 Å². The van der Waals surface area contributed by atoms with E-state index in [-0.39, 0.29) is 17.0 Å². The number of nitrogens with zero attached hydrogens (tertiary/aromatic N) is 4. The molecule has 2 unspecified atom stereocenters. The van der Waals surface area contributed by atoms with Crippen molar-refractivity contribution >= 4 is 40.4 Å². The van der Waals surface area contributed by atoms with E-state index in [0.717, 1.165) is 17.2 Å². The van der Waals surface area contributed by atoms with Gasteiger partial charge in [0.2, 0.25) is 5.60 Å². The molecule has 0 amide bonds. The number of hydrogen-bond donors (Lipinski definition) is 6. The smallest absolute Gasteiger partial charge is 0.387 e. The molecule has 6 atom stereocenters. The summed E-state index contributed by atoms with van der Waals surface area (Å²) in [6.45, 7) is -1.67. The summed E-state index contributed by atoms with van der Waals surface area (Å²) in [6, 6.07) is 0. The lowest BCUT2D eigenvalue weighted by Gasteiger charge is -2.36. The van der Waals surface area contributed by atoms with Crippen LogP contribution in [0.1, 0.15) is 6.23 Å². The van der Waals surface area contributed by atoms with Gasteiger partial charge in [0.1, 0.15) is 24.1 Å². The van der Waals surface area contributed by atoms with Crippen LogP contribution in [0.2, 0.25) is 0 Å². The van der Waals surface area contributed by atoms with Crippen molar-refractivity contribution in [2.45, 2.75) is 30.1 Å². The Morgan fingerprint density at radius 2 is 1.76 bits per heavy atom. The van der Waals surface area contributed by atoms with Crippen molar-refractivity contribution in [1.29, 1.82) is 0 Å². The Hall–Kier alpha value is -1.50. The number of hydrogen-bond acceptors (Lipinski definition) is 13. The summed E-state index contributed by atoms with van der Waals surface area (Å²) in [6.07, 6.45) is -7.71. The van der Waals surface area contributed by atoms with Crippen LogP contribution in [0, 0.1) is 0 Å². The molecule has 0 aliphatic carbocycles. The Labute approximate surface area is 185 Å². The van der Waals surface area contributed by atoms with Gasteiger partial charge in [-0.15, -0.1) is 0 Å². The third-order valence-corrected chi connectivity index (χ3v) is 8.48. The molecule has 4 heterocycles. The molecule has 2 aliphatic heterocycles. The van der Waals surface area contributed by atoms with Gasteiger partial charge in [0.05, 0.1) is 12.9 Å². The van der Waals surface area contributed by atoms with Gasteiger partial charge in [-0.3, -0.25) is 9.09 Å². The number of rotatable bonds is 8. The van der Waals surface area contributed by atoms with Crippen molar-refractivity contribution in [3.05, 3.63) is 12.7 Å². The fourth-order valence-corrected chi connectivity index (χ4v) is 6.41. The highest BCUT2D eigenvalue weighted by Crippen LogP contribution is 2.67. The minimum Gasteiger partial charge on any atom is -0.387 e. The number of imidazole rings is 1. The van der Waals surface area contributed by atoms with Gasteiger partial charge in [-0.25, -0.2) is 28.6 Å². The molecule has 2 aromatic rings. The van der Waals surface area contributed by atoms with E-state index in [1.54, 1.807) is 0 Å². The monoisotopic (exact) mass is 555 g/mol. The number of aliphatic hydroxyl groups is 1. The number of ether oxygens (including phenoxy) is 2. The molecule has 0 spiro atoms. The highest BCUT2D eigenvalue weighted by molar-refractivity contribution is 7.66. The molecule has 0 saturated carbocycles. The highest BCUT2D eigenvalue weighted by Gasteiger charge is 2.77. The minimum absolute atomic E-state index is 0.00667. The molecule has 2 aromatic heterocycles. The van der Waals surface area contributed by atoms with Gasteiger partial charge >= 0.3 is 29.6 Å². The van der Waals surface area contributed by atoms with Gasteiger partial charge in [-0.05, 0) is 0 Å². The SMILES string of the molecule is Nc1ncnc2c1ncn2[C@@H]1O[C@]2(COP(=O)(O)OP(=O)(O)OP(=O)(O)O)[C@@H](O)[C@H]1OC2(F)F. The molecule has 2 aliphatic rings. The Morgan fingerprint density at radius 3 is 2.41 bits per heavy atom. The Balaban J connectivity index is 1.58. The quantitative estimate of drug-likeness (QED) is 0.221. The standard InChI is InChI=1S/C11H14F2N5O13P3/c12-11(13)10(1-27-33(23,24)31-34(25,26)30-32(20,21)22)6(19)5(28-11)9(29-10)18-3-17-4-7(14)15-2-16-8(4)18/h2-3,5-6,9,19H,1H2,(H,23,24)(H,25,26)(H2,14,15,16)(H2,20,21,22)/t5-,6+,9-,10-/m1/s1. The van der Waals surface area contributed by atoms with E-state index in [0.29, 0.717) is 0 Å². The Kier molecular flexibility index (Phi) is 6.03. The largest absolute Gasteiger partial charge is 0.490 e. The second-order valence-electron chi connectivity index (χ2n) is 6.89. The van der Waals surface area contributed by atoms with Crippen LogP contribution in [-0.2, 0) is 36.3 Å². The molecule has 23 heteroatoms. The lowest BCUT2D eigenvalue weighted by Crippen LogP contribution is -2.55. The van der Waals surface area contributed by atoms with E-state index < -0.39 is 60.2 Å². The van der Waals surface area contributed by atoms with Crippen LogP contribution in [0.25, 0.3) is 11.2 Å². The third kappa shape index (κ3) is 4.42. The second-order valence-corrected chi connectivity index (χ2v) is 11.3. The van der Waals surface area contributed by atoms with Crippen molar-refractivity contribution in [2.75, 3.05) is 12.3 Å². The second kappa shape index (κ2) is 8.01. The first-order chi connectivity index (χ1) is 15.5. The van der Waals surface area contributed by atoms with Gasteiger partial charge in [-0.2, -0.15) is 17.4 Å². The van der Waals surface area contributed by atoms with Gasteiger partial charge in [0.25, 0.3) is 0 Å². The van der Waals surface area contributed by atoms with Crippen molar-refractivity contribution < 1.29 is 69.8 Å². The number of phosphoric acid groups is 3. The number of alkyl halides is 2. The van der Waals surface area contributed by atoms with Crippen LogP contribution >= 0.6 is 23.5 Å². The summed E-state index contributed by atoms with van der Waals surface area (Å²) in [7, 11) is -17.4. The third-order valence-electron chi connectivity index (χ3n) is 4.70. The first kappa shape index (κ1) is 25.6. The molecule has 2 fully saturated rings. The lowest BCUT2D eigenvalue weighted by molar-refractivity contribution is -0.370. The number of aromatic nitrogens is 4. The molecule has 18 nitrogen and oxygen atoms in total. The van der Waals surface area contributed by atoms with E-state index in [2.05, 4.69) is 32.8 Å². The van der Waals surface area contributed by atoms with E-state index >= 15 is 0 Å². The number of anilines is 1. The van der Waals surface area contributed by atoms with Crippen LogP contribution in [0.5, 0.6) is 0 Å². The molecule has 0 aromatic carbocycles. The lowest BCUT2D eigenvalue weighted by atomic mass is 9.98. The van der Waals surface area contributed by atoms with Gasteiger partial charge < -0.3 is 39.9 Å². The average Bonchev–Trinajstić information content (AvgIpc) is 3.24. The van der Waals surface area contributed by atoms with Crippen molar-refractivity contribution in [1.82, 2.24) is 19.5 Å². The molecular formula is C11H14F2N5O13P3. The van der Waals surface area contributed by atoms with E-state index in [4.69, 9.17) is 20.3 Å². The van der Waals surface area contributed by atoms with E-state index in [9.17, 15) is 37.4 Å². The van der Waals surface area contributed by atoms with E-state index in [1.165, 1.54) is 0 Å². The zero-order chi connectivity index (χ0) is 25.3. The van der Waals surface area contributed by atoms with Crippen LogP contribution < -0.4 is 5.73 Å². The minimum atomic E-state index is -5.91. The molecule has 34 heavy (non-hydrogen) atoms. The summed E-state index contributed by atoms with van der Waals surface area (Å²) in [4.78, 5) is 47.3. The summed E-state index contributed by atoms with van der Waals surface area (Å²) < 4.78 is 85.4. The number of fused-ring (bicyclic) bond motifs is 3. The molecular weight excluding hydrogens is 541 g/mol. The normalized spacial score (nSPS) is 32.0. The summed E-state index contributed by atoms with van der Waals surface area (Å²) >= 11 is 0. The van der Waals surface area contributed by atoms with E-state index in [1.807, 2.05) is 0 Å². The number of nitrogens with two attached hydrogens (primary N) is 1. The number of aliphatic hydroxyl groups excluding tert-OH is 1. The predicted octanol–water partition coefficient (Wildman–Crippen LogP) is -0.628. The fourth-order valence-electron chi connectivity index (χ4n) is 3.36. The molecule has 0 radical (unpaired) electrons. The summed E-state index contributed by atoms with van der Waals surface area (Å²) in [5, 5.41) is 10.4. The molecule has 4 rings (SSSR count). The summed E-state index contributed by atoms with van der Waals surface area (Å²) in [5.41, 5.74) is 2.58. The number of phosphoric ester groups is 1. The van der Waals surface area contributed by atoms with Crippen LogP contribution in [0.15, 0.2) is 12.7 Å². The maximum absolute atomic E-state index is 14.6. The first-order valence-electron chi connectivity index (χ1n) is 8.60. The average molecular weight is 555 g/mol. The van der Waals surface area contributed by atoms with Crippen LogP contribution in [-0.4, -0.2) is 74.7 Å². The maximum atomic E-state index is 14.6. The highest BCUT2D eigenvalue weighted by atomic mass is 31.3.